The van der Waals surface area contributed by atoms with Gasteiger partial charge in [0.05, 0.1) is 30.4 Å². The third-order valence-electron chi connectivity index (χ3n) is 8.27. The van der Waals surface area contributed by atoms with Gasteiger partial charge in [0, 0.05) is 45.5 Å². The molecule has 1 aromatic heterocycles. The molecule has 0 radical (unpaired) electrons. The Kier molecular flexibility index (Phi) is 8.45. The van der Waals surface area contributed by atoms with Crippen molar-refractivity contribution in [1.29, 1.82) is 0 Å². The molecule has 0 N–H and O–H groups in total. The van der Waals surface area contributed by atoms with Crippen molar-refractivity contribution in [1.82, 2.24) is 14.9 Å². The van der Waals surface area contributed by atoms with Crippen molar-refractivity contribution in [2.24, 2.45) is 17.8 Å². The van der Waals surface area contributed by atoms with Gasteiger partial charge in [-0.15, -0.1) is 0 Å². The first-order valence-electron chi connectivity index (χ1n) is 13.4. The number of carbonyl (C=O) groups excluding carboxylic acids is 1. The van der Waals surface area contributed by atoms with Crippen molar-refractivity contribution in [3.05, 3.63) is 47.0 Å². The van der Waals surface area contributed by atoms with E-state index in [9.17, 15) is 9.18 Å². The number of anilines is 1. The van der Waals surface area contributed by atoms with E-state index in [0.29, 0.717) is 42.1 Å². The molecular weight excluding hydrogens is 495 g/mol. The quantitative estimate of drug-likeness (QED) is 0.465. The predicted octanol–water partition coefficient (Wildman–Crippen LogP) is 4.77. The molecule has 1 saturated carbocycles. The van der Waals surface area contributed by atoms with Crippen LogP contribution >= 0.6 is 11.6 Å². The summed E-state index contributed by atoms with van der Waals surface area (Å²) in [7, 11) is 1.80. The van der Waals surface area contributed by atoms with Crippen molar-refractivity contribution < 1.29 is 18.7 Å². The van der Waals surface area contributed by atoms with E-state index in [2.05, 4.69) is 14.9 Å². The van der Waals surface area contributed by atoms with Crippen molar-refractivity contribution in [3.8, 4) is 5.75 Å². The maximum Gasteiger partial charge on any atom is 0.227 e. The van der Waals surface area contributed by atoms with Crippen LogP contribution < -0.4 is 9.64 Å². The maximum atomic E-state index is 14.7. The fraction of sp³-hybridized carbons (Fsp3) is 0.607. The number of likely N-dealkylation sites (N-methyl/N-ethyl adjacent to an activating group) is 1. The molecule has 0 bridgehead atoms. The Labute approximate surface area is 223 Å². The van der Waals surface area contributed by atoms with Gasteiger partial charge in [-0.1, -0.05) is 17.7 Å². The van der Waals surface area contributed by atoms with E-state index in [1.807, 2.05) is 0 Å². The third-order valence-corrected chi connectivity index (χ3v) is 8.46. The average Bonchev–Trinajstić information content (AvgIpc) is 3.70. The number of hydrogen-bond acceptors (Lipinski definition) is 6. The number of aromatic nitrogens is 2. The fourth-order valence-corrected chi connectivity index (χ4v) is 5.93. The number of ether oxygens (including phenoxy) is 2. The van der Waals surface area contributed by atoms with Gasteiger partial charge in [0.2, 0.25) is 11.9 Å². The zero-order valence-electron chi connectivity index (χ0n) is 21.5. The lowest BCUT2D eigenvalue weighted by atomic mass is 9.90. The molecule has 5 rings (SSSR count). The molecular formula is C28H36ClFN4O3. The monoisotopic (exact) mass is 530 g/mol. The SMILES string of the molecule is CN(C(=O)Cc1ccc(OCC[C@@H]2C[C@@H]2C2CCN(c3ncc(Cl)cn3)CC2)cc1F)C1CCOCC1. The summed E-state index contributed by atoms with van der Waals surface area (Å²) in [5, 5.41) is 0.560. The summed E-state index contributed by atoms with van der Waals surface area (Å²) in [6, 6.07) is 5.04. The van der Waals surface area contributed by atoms with Crippen molar-refractivity contribution in [2.45, 2.75) is 51.0 Å². The molecule has 2 saturated heterocycles. The number of halogens is 2. The van der Waals surface area contributed by atoms with Gasteiger partial charge in [0.25, 0.3) is 0 Å². The number of piperidine rings is 1. The first-order chi connectivity index (χ1) is 18.0. The highest BCUT2D eigenvalue weighted by atomic mass is 35.5. The van der Waals surface area contributed by atoms with Gasteiger partial charge < -0.3 is 19.3 Å². The summed E-state index contributed by atoms with van der Waals surface area (Å²) in [4.78, 5) is 25.3. The highest BCUT2D eigenvalue weighted by Gasteiger charge is 2.43. The van der Waals surface area contributed by atoms with Crippen molar-refractivity contribution >= 4 is 23.5 Å². The summed E-state index contributed by atoms with van der Waals surface area (Å²) in [5.74, 6) is 3.03. The molecule has 0 unspecified atom stereocenters. The van der Waals surface area contributed by atoms with Crippen LogP contribution in [0.4, 0.5) is 10.3 Å². The zero-order chi connectivity index (χ0) is 25.8. The second kappa shape index (κ2) is 11.9. The Hall–Kier alpha value is -2.45. The van der Waals surface area contributed by atoms with Crippen molar-refractivity contribution in [3.63, 3.8) is 0 Å². The van der Waals surface area contributed by atoms with E-state index >= 15 is 0 Å². The molecule has 2 aromatic rings. The molecule has 0 spiro atoms. The summed E-state index contributed by atoms with van der Waals surface area (Å²) >= 11 is 5.90. The number of hydrogen-bond donors (Lipinski definition) is 0. The van der Waals surface area contributed by atoms with Crippen LogP contribution in [0.15, 0.2) is 30.6 Å². The second-order valence-electron chi connectivity index (χ2n) is 10.6. The van der Waals surface area contributed by atoms with Gasteiger partial charge in [-0.25, -0.2) is 14.4 Å². The largest absolute Gasteiger partial charge is 0.493 e. The van der Waals surface area contributed by atoms with Gasteiger partial charge in [0.1, 0.15) is 11.6 Å². The number of rotatable bonds is 9. The first kappa shape index (κ1) is 26.2. The smallest absolute Gasteiger partial charge is 0.227 e. The van der Waals surface area contributed by atoms with Gasteiger partial charge in [-0.2, -0.15) is 0 Å². The fourth-order valence-electron chi connectivity index (χ4n) is 5.83. The van der Waals surface area contributed by atoms with E-state index in [-0.39, 0.29) is 24.2 Å². The molecule has 1 aromatic carbocycles. The number of nitrogens with zero attached hydrogens (tertiary/aromatic N) is 4. The van der Waals surface area contributed by atoms with E-state index in [1.54, 1.807) is 36.5 Å². The van der Waals surface area contributed by atoms with E-state index in [1.165, 1.54) is 12.5 Å². The molecule has 1 amide bonds. The summed E-state index contributed by atoms with van der Waals surface area (Å²) in [6.45, 7) is 3.88. The summed E-state index contributed by atoms with van der Waals surface area (Å²) in [6.07, 6.45) is 9.58. The maximum absolute atomic E-state index is 14.7. The van der Waals surface area contributed by atoms with Crippen LogP contribution in [0.3, 0.4) is 0 Å². The minimum absolute atomic E-state index is 0.0622. The molecule has 2 aliphatic heterocycles. The van der Waals surface area contributed by atoms with Crippen LogP contribution in [0.1, 0.15) is 44.1 Å². The van der Waals surface area contributed by atoms with Crippen LogP contribution in [0.25, 0.3) is 0 Å². The third kappa shape index (κ3) is 6.71. The summed E-state index contributed by atoms with van der Waals surface area (Å²) < 4.78 is 25.9. The van der Waals surface area contributed by atoms with E-state index < -0.39 is 0 Å². The highest BCUT2D eigenvalue weighted by molar-refractivity contribution is 6.30. The van der Waals surface area contributed by atoms with Crippen LogP contribution in [0.2, 0.25) is 5.02 Å². The lowest BCUT2D eigenvalue weighted by molar-refractivity contribution is -0.132. The predicted molar refractivity (Wildman–Crippen MR) is 140 cm³/mol. The summed E-state index contributed by atoms with van der Waals surface area (Å²) in [5.41, 5.74) is 0.411. The van der Waals surface area contributed by atoms with Gasteiger partial charge >= 0.3 is 0 Å². The van der Waals surface area contributed by atoms with Gasteiger partial charge in [-0.3, -0.25) is 4.79 Å². The molecule has 3 aliphatic rings. The molecule has 200 valence electrons. The Balaban J connectivity index is 1.02. The average molecular weight is 531 g/mol. The number of amides is 1. The molecule has 3 heterocycles. The van der Waals surface area contributed by atoms with Gasteiger partial charge in [-0.05, 0) is 67.9 Å². The molecule has 7 nitrogen and oxygen atoms in total. The lowest BCUT2D eigenvalue weighted by Gasteiger charge is -2.32. The first-order valence-corrected chi connectivity index (χ1v) is 13.8. The van der Waals surface area contributed by atoms with Crippen LogP contribution in [-0.2, 0) is 16.0 Å². The Morgan fingerprint density at radius 1 is 1.19 bits per heavy atom. The minimum atomic E-state index is -0.382. The lowest BCUT2D eigenvalue weighted by Crippen LogP contribution is -2.41. The molecule has 9 heteroatoms. The molecule has 2 atom stereocenters. The van der Waals surface area contributed by atoms with E-state index in [0.717, 1.165) is 63.0 Å². The Morgan fingerprint density at radius 3 is 2.62 bits per heavy atom. The van der Waals surface area contributed by atoms with E-state index in [4.69, 9.17) is 21.1 Å². The topological polar surface area (TPSA) is 67.8 Å². The minimum Gasteiger partial charge on any atom is -0.493 e. The molecule has 37 heavy (non-hydrogen) atoms. The molecule has 1 aliphatic carbocycles. The second-order valence-corrected chi connectivity index (χ2v) is 11.0. The van der Waals surface area contributed by atoms with Crippen LogP contribution in [0, 0.1) is 23.6 Å². The normalized spacial score (nSPS) is 22.6. The number of carbonyl (C=O) groups is 1. The zero-order valence-corrected chi connectivity index (χ0v) is 22.2. The van der Waals surface area contributed by atoms with Crippen LogP contribution in [-0.4, -0.2) is 66.8 Å². The number of benzene rings is 1. The standard InChI is InChI=1S/C28H36ClFN4O3/c1-33(23-7-11-36-12-8-23)27(35)15-21-2-3-24(16-26(21)30)37-13-6-20-14-25(20)19-4-9-34(10-5-19)28-31-17-22(29)18-32-28/h2-3,16-20,23,25H,4-15H2,1H3/t20-,25-/m1/s1. The highest BCUT2D eigenvalue weighted by Crippen LogP contribution is 2.49. The van der Waals surface area contributed by atoms with Gasteiger partial charge in [0.15, 0.2) is 0 Å². The van der Waals surface area contributed by atoms with Crippen LogP contribution in [0.5, 0.6) is 5.75 Å². The molecule has 3 fully saturated rings. The Morgan fingerprint density at radius 2 is 1.92 bits per heavy atom. The Bertz CT molecular complexity index is 1060. The van der Waals surface area contributed by atoms with Crippen molar-refractivity contribution in [2.75, 3.05) is 44.9 Å².